The molecule has 2 heterocycles. The molecular formula is C15H23N3O. The monoisotopic (exact) mass is 261 g/mol. The fourth-order valence-electron chi connectivity index (χ4n) is 2.22. The number of carbonyl (C=O) groups is 1. The number of piperidine rings is 1. The number of rotatable bonds is 2. The Balaban J connectivity index is 1.97. The lowest BCUT2D eigenvalue weighted by Crippen LogP contribution is -2.43. The first-order chi connectivity index (χ1) is 8.97. The van der Waals surface area contributed by atoms with Crippen LogP contribution in [0.2, 0.25) is 0 Å². The molecule has 1 aromatic rings. The normalized spacial score (nSPS) is 20.1. The van der Waals surface area contributed by atoms with Crippen LogP contribution < -0.4 is 10.6 Å². The van der Waals surface area contributed by atoms with Gasteiger partial charge in [0.15, 0.2) is 0 Å². The smallest absolute Gasteiger partial charge is 0.241 e. The van der Waals surface area contributed by atoms with Crippen molar-refractivity contribution in [2.75, 3.05) is 11.9 Å². The largest absolute Gasteiger partial charge is 0.323 e. The third-order valence-electron chi connectivity index (χ3n) is 3.43. The molecule has 1 aromatic heterocycles. The molecule has 0 spiro atoms. The van der Waals surface area contributed by atoms with E-state index in [2.05, 4.69) is 36.4 Å². The molecule has 1 amide bonds. The Morgan fingerprint density at radius 1 is 1.37 bits per heavy atom. The minimum Gasteiger partial charge on any atom is -0.323 e. The lowest BCUT2D eigenvalue weighted by atomic mass is 9.92. The Morgan fingerprint density at radius 2 is 2.16 bits per heavy atom. The van der Waals surface area contributed by atoms with Crippen LogP contribution in [0.15, 0.2) is 18.3 Å². The number of hydrogen-bond acceptors (Lipinski definition) is 3. The third-order valence-corrected chi connectivity index (χ3v) is 3.43. The predicted molar refractivity (Wildman–Crippen MR) is 77.2 cm³/mol. The molecule has 1 fully saturated rings. The number of pyridine rings is 1. The van der Waals surface area contributed by atoms with Crippen molar-refractivity contribution in [2.24, 2.45) is 0 Å². The summed E-state index contributed by atoms with van der Waals surface area (Å²) in [6.45, 7) is 7.30. The molecule has 19 heavy (non-hydrogen) atoms. The molecule has 0 aliphatic carbocycles. The molecule has 1 aliphatic heterocycles. The lowest BCUT2D eigenvalue weighted by molar-refractivity contribution is -0.118. The van der Waals surface area contributed by atoms with Crippen molar-refractivity contribution < 1.29 is 4.79 Å². The van der Waals surface area contributed by atoms with E-state index in [0.29, 0.717) is 0 Å². The first-order valence-corrected chi connectivity index (χ1v) is 6.97. The summed E-state index contributed by atoms with van der Waals surface area (Å²) < 4.78 is 0. The van der Waals surface area contributed by atoms with Gasteiger partial charge >= 0.3 is 0 Å². The minimum absolute atomic E-state index is 0.0352. The number of aromatic nitrogens is 1. The van der Waals surface area contributed by atoms with E-state index in [1.807, 2.05) is 12.1 Å². The Kier molecular flexibility index (Phi) is 4.20. The number of hydrogen-bond donors (Lipinski definition) is 2. The molecule has 1 unspecified atom stereocenters. The van der Waals surface area contributed by atoms with Crippen LogP contribution >= 0.6 is 0 Å². The second-order valence-corrected chi connectivity index (χ2v) is 6.17. The number of amides is 1. The van der Waals surface area contributed by atoms with Crippen LogP contribution in [0.4, 0.5) is 5.69 Å². The minimum atomic E-state index is -0.0592. The highest BCUT2D eigenvalue weighted by atomic mass is 16.2. The Bertz CT molecular complexity index is 428. The molecule has 4 nitrogen and oxygen atoms in total. The van der Waals surface area contributed by atoms with Crippen molar-refractivity contribution in [3.63, 3.8) is 0 Å². The topological polar surface area (TPSA) is 54.0 Å². The molecule has 4 heteroatoms. The summed E-state index contributed by atoms with van der Waals surface area (Å²) >= 11 is 0. The van der Waals surface area contributed by atoms with Gasteiger partial charge in [-0.3, -0.25) is 9.78 Å². The maximum Gasteiger partial charge on any atom is 0.241 e. The van der Waals surface area contributed by atoms with Crippen molar-refractivity contribution in [3.8, 4) is 0 Å². The van der Waals surface area contributed by atoms with Gasteiger partial charge in [-0.1, -0.05) is 27.2 Å². The fraction of sp³-hybridized carbons (Fsp3) is 0.600. The summed E-state index contributed by atoms with van der Waals surface area (Å²) in [7, 11) is 0. The SMILES string of the molecule is CC(C)(C)c1ccc(NC(=O)C2CCCCN2)cn1. The van der Waals surface area contributed by atoms with Crippen LogP contribution in [0.3, 0.4) is 0 Å². The highest BCUT2D eigenvalue weighted by Crippen LogP contribution is 2.21. The highest BCUT2D eigenvalue weighted by molar-refractivity contribution is 5.94. The van der Waals surface area contributed by atoms with Gasteiger partial charge in [0.05, 0.1) is 17.9 Å². The Morgan fingerprint density at radius 3 is 2.68 bits per heavy atom. The van der Waals surface area contributed by atoms with Crippen LogP contribution in [0.25, 0.3) is 0 Å². The molecular weight excluding hydrogens is 238 g/mol. The van der Waals surface area contributed by atoms with Gasteiger partial charge in [-0.15, -0.1) is 0 Å². The average molecular weight is 261 g/mol. The number of nitrogens with zero attached hydrogens (tertiary/aromatic N) is 1. The van der Waals surface area contributed by atoms with Gasteiger partial charge in [0.25, 0.3) is 0 Å². The van der Waals surface area contributed by atoms with Crippen LogP contribution in [-0.2, 0) is 10.2 Å². The zero-order chi connectivity index (χ0) is 13.9. The summed E-state index contributed by atoms with van der Waals surface area (Å²) in [6, 6.07) is 3.84. The van der Waals surface area contributed by atoms with E-state index in [1.165, 1.54) is 0 Å². The van der Waals surface area contributed by atoms with Gasteiger partial charge in [-0.05, 0) is 31.5 Å². The number of anilines is 1. The first kappa shape index (κ1) is 14.0. The van der Waals surface area contributed by atoms with Gasteiger partial charge in [0, 0.05) is 11.1 Å². The van der Waals surface area contributed by atoms with E-state index in [9.17, 15) is 4.79 Å². The molecule has 0 bridgehead atoms. The Hall–Kier alpha value is -1.42. The summed E-state index contributed by atoms with van der Waals surface area (Å²) in [5.74, 6) is 0.0463. The van der Waals surface area contributed by atoms with Gasteiger partial charge in [0.2, 0.25) is 5.91 Å². The third kappa shape index (κ3) is 3.77. The lowest BCUT2D eigenvalue weighted by Gasteiger charge is -2.22. The predicted octanol–water partition coefficient (Wildman–Crippen LogP) is 2.46. The van der Waals surface area contributed by atoms with Crippen molar-refractivity contribution >= 4 is 11.6 Å². The molecule has 1 atom stereocenters. The van der Waals surface area contributed by atoms with E-state index in [-0.39, 0.29) is 17.4 Å². The second-order valence-electron chi connectivity index (χ2n) is 6.17. The number of nitrogens with one attached hydrogen (secondary N) is 2. The summed E-state index contributed by atoms with van der Waals surface area (Å²) in [5.41, 5.74) is 1.83. The average Bonchev–Trinajstić information content (AvgIpc) is 2.39. The molecule has 0 aromatic carbocycles. The maximum atomic E-state index is 12.0. The van der Waals surface area contributed by atoms with E-state index < -0.39 is 0 Å². The summed E-state index contributed by atoms with van der Waals surface area (Å²) in [6.07, 6.45) is 4.93. The molecule has 1 aliphatic rings. The molecule has 2 N–H and O–H groups in total. The van der Waals surface area contributed by atoms with Crippen LogP contribution in [-0.4, -0.2) is 23.5 Å². The molecule has 0 saturated carbocycles. The number of carbonyl (C=O) groups excluding carboxylic acids is 1. The van der Waals surface area contributed by atoms with Crippen LogP contribution in [0.5, 0.6) is 0 Å². The summed E-state index contributed by atoms with van der Waals surface area (Å²) in [4.78, 5) is 16.5. The highest BCUT2D eigenvalue weighted by Gasteiger charge is 2.21. The van der Waals surface area contributed by atoms with E-state index in [4.69, 9.17) is 0 Å². The zero-order valence-electron chi connectivity index (χ0n) is 12.0. The summed E-state index contributed by atoms with van der Waals surface area (Å²) in [5, 5.41) is 6.17. The molecule has 1 saturated heterocycles. The standard InChI is InChI=1S/C15H23N3O/c1-15(2,3)13-8-7-11(10-17-13)18-14(19)12-6-4-5-9-16-12/h7-8,10,12,16H,4-6,9H2,1-3H3,(H,18,19). The van der Waals surface area contributed by atoms with Crippen molar-refractivity contribution in [1.29, 1.82) is 0 Å². The van der Waals surface area contributed by atoms with E-state index in [0.717, 1.165) is 37.2 Å². The Labute approximate surface area is 115 Å². The van der Waals surface area contributed by atoms with E-state index in [1.54, 1.807) is 6.20 Å². The van der Waals surface area contributed by atoms with Crippen LogP contribution in [0, 0.1) is 0 Å². The maximum absolute atomic E-state index is 12.0. The fourth-order valence-corrected chi connectivity index (χ4v) is 2.22. The van der Waals surface area contributed by atoms with Crippen molar-refractivity contribution in [3.05, 3.63) is 24.0 Å². The van der Waals surface area contributed by atoms with E-state index >= 15 is 0 Å². The van der Waals surface area contributed by atoms with Gasteiger partial charge in [-0.25, -0.2) is 0 Å². The van der Waals surface area contributed by atoms with Gasteiger partial charge in [-0.2, -0.15) is 0 Å². The first-order valence-electron chi connectivity index (χ1n) is 6.97. The van der Waals surface area contributed by atoms with Crippen molar-refractivity contribution in [2.45, 2.75) is 51.5 Å². The van der Waals surface area contributed by atoms with Crippen LogP contribution in [0.1, 0.15) is 45.7 Å². The quantitative estimate of drug-likeness (QED) is 0.860. The van der Waals surface area contributed by atoms with Gasteiger partial charge < -0.3 is 10.6 Å². The van der Waals surface area contributed by atoms with Gasteiger partial charge in [0.1, 0.15) is 0 Å². The van der Waals surface area contributed by atoms with Crippen molar-refractivity contribution in [1.82, 2.24) is 10.3 Å². The molecule has 0 radical (unpaired) electrons. The zero-order valence-corrected chi connectivity index (χ0v) is 12.0. The molecule has 104 valence electrons. The second kappa shape index (κ2) is 5.70. The molecule has 2 rings (SSSR count).